The van der Waals surface area contributed by atoms with Crippen LogP contribution in [0.2, 0.25) is 0 Å². The standard InChI is InChI=1S/C16H27N5O/c1-17-16(22)15-6-9-21(19-15)14-5-3-8-20(12-14)11-13-4-2-7-18-10-13/h6,9,13-14,18H,2-5,7-8,10-12H2,1H3,(H,17,22). The van der Waals surface area contributed by atoms with E-state index in [1.54, 1.807) is 7.05 Å². The van der Waals surface area contributed by atoms with Crippen molar-refractivity contribution in [3.8, 4) is 0 Å². The Labute approximate surface area is 132 Å². The highest BCUT2D eigenvalue weighted by atomic mass is 16.1. The number of nitrogens with one attached hydrogen (secondary N) is 2. The average Bonchev–Trinajstić information content (AvgIpc) is 3.05. The van der Waals surface area contributed by atoms with E-state index in [-0.39, 0.29) is 5.91 Å². The highest BCUT2D eigenvalue weighted by Gasteiger charge is 2.25. The summed E-state index contributed by atoms with van der Waals surface area (Å²) in [6.45, 7) is 5.76. The Morgan fingerprint density at radius 1 is 1.45 bits per heavy atom. The fourth-order valence-corrected chi connectivity index (χ4v) is 3.65. The third-order valence-electron chi connectivity index (χ3n) is 4.84. The van der Waals surface area contributed by atoms with E-state index in [9.17, 15) is 4.79 Å². The highest BCUT2D eigenvalue weighted by Crippen LogP contribution is 2.23. The Bertz CT molecular complexity index is 494. The van der Waals surface area contributed by atoms with Gasteiger partial charge in [-0.1, -0.05) is 0 Å². The molecule has 2 saturated heterocycles. The normalized spacial score (nSPS) is 26.8. The molecule has 3 heterocycles. The number of piperidine rings is 2. The van der Waals surface area contributed by atoms with Crippen molar-refractivity contribution in [2.75, 3.05) is 39.8 Å². The van der Waals surface area contributed by atoms with Gasteiger partial charge in [0.05, 0.1) is 6.04 Å². The first kappa shape index (κ1) is 15.5. The van der Waals surface area contributed by atoms with Crippen LogP contribution in [-0.2, 0) is 0 Å². The van der Waals surface area contributed by atoms with E-state index in [1.807, 2.05) is 16.9 Å². The van der Waals surface area contributed by atoms with Gasteiger partial charge in [-0.2, -0.15) is 5.10 Å². The van der Waals surface area contributed by atoms with Gasteiger partial charge in [0, 0.05) is 26.3 Å². The highest BCUT2D eigenvalue weighted by molar-refractivity contribution is 5.91. The van der Waals surface area contributed by atoms with Crippen LogP contribution in [0.4, 0.5) is 0 Å². The van der Waals surface area contributed by atoms with E-state index in [0.29, 0.717) is 11.7 Å². The first-order chi connectivity index (χ1) is 10.8. The zero-order valence-electron chi connectivity index (χ0n) is 13.4. The summed E-state index contributed by atoms with van der Waals surface area (Å²) in [5.74, 6) is 0.672. The Morgan fingerprint density at radius 2 is 2.36 bits per heavy atom. The molecule has 2 fully saturated rings. The number of carbonyl (C=O) groups excluding carboxylic acids is 1. The molecule has 2 N–H and O–H groups in total. The summed E-state index contributed by atoms with van der Waals surface area (Å²) in [5.41, 5.74) is 0.510. The molecule has 0 radical (unpaired) electrons. The molecule has 0 bridgehead atoms. The number of likely N-dealkylation sites (tertiary alicyclic amines) is 1. The molecule has 6 nitrogen and oxygen atoms in total. The SMILES string of the molecule is CNC(=O)c1ccn(C2CCCN(CC3CCCNC3)C2)n1. The fourth-order valence-electron chi connectivity index (χ4n) is 3.65. The van der Waals surface area contributed by atoms with Crippen molar-refractivity contribution in [2.24, 2.45) is 5.92 Å². The third kappa shape index (κ3) is 3.67. The van der Waals surface area contributed by atoms with E-state index in [2.05, 4.69) is 20.6 Å². The molecule has 6 heteroatoms. The number of hydrogen-bond acceptors (Lipinski definition) is 4. The zero-order valence-corrected chi connectivity index (χ0v) is 13.4. The average molecular weight is 305 g/mol. The maximum absolute atomic E-state index is 11.6. The number of rotatable bonds is 4. The fraction of sp³-hybridized carbons (Fsp3) is 0.750. The molecule has 0 aromatic carbocycles. The Hall–Kier alpha value is -1.40. The Kier molecular flexibility index (Phi) is 5.10. The van der Waals surface area contributed by atoms with Crippen LogP contribution < -0.4 is 10.6 Å². The topological polar surface area (TPSA) is 62.2 Å². The van der Waals surface area contributed by atoms with Crippen LogP contribution in [0.1, 0.15) is 42.2 Å². The summed E-state index contributed by atoms with van der Waals surface area (Å²) >= 11 is 0. The molecule has 2 aliphatic rings. The van der Waals surface area contributed by atoms with Crippen molar-refractivity contribution >= 4 is 5.91 Å². The molecule has 0 spiro atoms. The molecule has 2 unspecified atom stereocenters. The maximum atomic E-state index is 11.6. The monoisotopic (exact) mass is 305 g/mol. The van der Waals surface area contributed by atoms with Crippen LogP contribution in [0.3, 0.4) is 0 Å². The molecule has 2 aliphatic heterocycles. The lowest BCUT2D eigenvalue weighted by atomic mass is 9.97. The summed E-state index contributed by atoms with van der Waals surface area (Å²) in [6, 6.07) is 2.20. The zero-order chi connectivity index (χ0) is 15.4. The van der Waals surface area contributed by atoms with E-state index in [0.717, 1.165) is 25.4 Å². The lowest BCUT2D eigenvalue weighted by Gasteiger charge is -2.36. The minimum atomic E-state index is -0.111. The molecule has 1 aromatic rings. The van der Waals surface area contributed by atoms with Gasteiger partial charge in [0.1, 0.15) is 5.69 Å². The van der Waals surface area contributed by atoms with Crippen LogP contribution in [0, 0.1) is 5.92 Å². The van der Waals surface area contributed by atoms with Crippen LogP contribution in [0.25, 0.3) is 0 Å². The van der Waals surface area contributed by atoms with E-state index >= 15 is 0 Å². The van der Waals surface area contributed by atoms with Crippen molar-refractivity contribution in [1.29, 1.82) is 0 Å². The number of nitrogens with zero attached hydrogens (tertiary/aromatic N) is 3. The maximum Gasteiger partial charge on any atom is 0.271 e. The summed E-state index contributed by atoms with van der Waals surface area (Å²) in [6.07, 6.45) is 6.95. The molecule has 1 aromatic heterocycles. The summed E-state index contributed by atoms with van der Waals surface area (Å²) < 4.78 is 1.98. The van der Waals surface area contributed by atoms with Gasteiger partial charge in [0.15, 0.2) is 0 Å². The first-order valence-corrected chi connectivity index (χ1v) is 8.46. The van der Waals surface area contributed by atoms with Crippen LogP contribution >= 0.6 is 0 Å². The molecular formula is C16H27N5O. The van der Waals surface area contributed by atoms with Gasteiger partial charge in [0.2, 0.25) is 0 Å². The molecule has 2 atom stereocenters. The number of carbonyl (C=O) groups is 1. The third-order valence-corrected chi connectivity index (χ3v) is 4.84. The largest absolute Gasteiger partial charge is 0.354 e. The van der Waals surface area contributed by atoms with Crippen molar-refractivity contribution in [2.45, 2.75) is 31.7 Å². The van der Waals surface area contributed by atoms with Gasteiger partial charge in [-0.15, -0.1) is 0 Å². The number of amides is 1. The Balaban J connectivity index is 1.57. The van der Waals surface area contributed by atoms with E-state index < -0.39 is 0 Å². The van der Waals surface area contributed by atoms with Crippen LogP contribution in [0.15, 0.2) is 12.3 Å². The molecule has 0 saturated carbocycles. The van der Waals surface area contributed by atoms with Gasteiger partial charge < -0.3 is 15.5 Å². The number of aromatic nitrogens is 2. The summed E-state index contributed by atoms with van der Waals surface area (Å²) in [4.78, 5) is 14.2. The van der Waals surface area contributed by atoms with Gasteiger partial charge in [-0.25, -0.2) is 0 Å². The summed E-state index contributed by atoms with van der Waals surface area (Å²) in [5, 5.41) is 10.6. The second-order valence-corrected chi connectivity index (χ2v) is 6.53. The molecule has 22 heavy (non-hydrogen) atoms. The Morgan fingerprint density at radius 3 is 3.14 bits per heavy atom. The van der Waals surface area contributed by atoms with Gasteiger partial charge in [-0.3, -0.25) is 9.48 Å². The molecule has 122 valence electrons. The lowest BCUT2D eigenvalue weighted by molar-refractivity contribution is 0.0955. The predicted molar refractivity (Wildman–Crippen MR) is 85.9 cm³/mol. The van der Waals surface area contributed by atoms with Crippen molar-refractivity contribution in [3.63, 3.8) is 0 Å². The first-order valence-electron chi connectivity index (χ1n) is 8.46. The van der Waals surface area contributed by atoms with Gasteiger partial charge >= 0.3 is 0 Å². The summed E-state index contributed by atoms with van der Waals surface area (Å²) in [7, 11) is 1.64. The molecule has 1 amide bonds. The molecule has 0 aliphatic carbocycles. The second kappa shape index (κ2) is 7.24. The minimum absolute atomic E-state index is 0.111. The lowest BCUT2D eigenvalue weighted by Crippen LogP contribution is -2.43. The van der Waals surface area contributed by atoms with Crippen LogP contribution in [-0.4, -0.2) is 60.4 Å². The van der Waals surface area contributed by atoms with Gasteiger partial charge in [0.25, 0.3) is 5.91 Å². The second-order valence-electron chi connectivity index (χ2n) is 6.53. The van der Waals surface area contributed by atoms with Crippen molar-refractivity contribution < 1.29 is 4.79 Å². The molecular weight excluding hydrogens is 278 g/mol. The predicted octanol–water partition coefficient (Wildman–Crippen LogP) is 0.879. The minimum Gasteiger partial charge on any atom is -0.354 e. The van der Waals surface area contributed by atoms with E-state index in [4.69, 9.17) is 0 Å². The van der Waals surface area contributed by atoms with Crippen molar-refractivity contribution in [3.05, 3.63) is 18.0 Å². The van der Waals surface area contributed by atoms with Gasteiger partial charge in [-0.05, 0) is 57.3 Å². The van der Waals surface area contributed by atoms with E-state index in [1.165, 1.54) is 38.9 Å². The quantitative estimate of drug-likeness (QED) is 0.867. The smallest absolute Gasteiger partial charge is 0.271 e. The van der Waals surface area contributed by atoms with Crippen LogP contribution in [0.5, 0.6) is 0 Å². The van der Waals surface area contributed by atoms with Crippen molar-refractivity contribution in [1.82, 2.24) is 25.3 Å². The number of hydrogen-bond donors (Lipinski definition) is 2. The molecule has 3 rings (SSSR count).